The minimum Gasteiger partial charge on any atom is -0.497 e. The second-order valence-corrected chi connectivity index (χ2v) is 7.03. The molecule has 0 N–H and O–H groups in total. The highest BCUT2D eigenvalue weighted by Gasteiger charge is 2.29. The molecule has 0 radical (unpaired) electrons. The number of nitrogens with zero attached hydrogens (tertiary/aromatic N) is 4. The Morgan fingerprint density at radius 1 is 1.10 bits per heavy atom. The fraction of sp³-hybridized carbons (Fsp3) is 0.238. The van der Waals surface area contributed by atoms with Gasteiger partial charge in [-0.2, -0.15) is 4.98 Å². The summed E-state index contributed by atoms with van der Waals surface area (Å²) in [6.45, 7) is 0.0928. The maximum atomic E-state index is 13.1. The van der Waals surface area contributed by atoms with E-state index in [1.165, 1.54) is 9.13 Å². The highest BCUT2D eigenvalue weighted by atomic mass is 16.5. The first-order valence-corrected chi connectivity index (χ1v) is 9.37. The summed E-state index contributed by atoms with van der Waals surface area (Å²) in [6.07, 6.45) is 1.69. The van der Waals surface area contributed by atoms with E-state index >= 15 is 0 Å². The van der Waals surface area contributed by atoms with Crippen molar-refractivity contribution in [3.05, 3.63) is 75.3 Å². The van der Waals surface area contributed by atoms with Crippen LogP contribution in [0, 0.1) is 0 Å². The standard InChI is InChI=1S/C21H18N4O4/c1-28-15-10-6-13(7-11-15)19-22-18(29-23-19)12-24-17-5-3-2-4-16(17)20(26)25(21(24)27)14-8-9-14/h2-7,10-11,14H,8-9,12H2,1H3. The maximum Gasteiger partial charge on any atom is 0.332 e. The minimum absolute atomic E-state index is 0.0246. The van der Waals surface area contributed by atoms with Crippen LogP contribution < -0.4 is 16.0 Å². The van der Waals surface area contributed by atoms with Crippen LogP contribution in [0.15, 0.2) is 62.6 Å². The Balaban J connectivity index is 1.56. The molecule has 2 heterocycles. The summed E-state index contributed by atoms with van der Waals surface area (Å²) in [5.74, 6) is 1.46. The molecule has 8 nitrogen and oxygen atoms in total. The van der Waals surface area contributed by atoms with Crippen molar-refractivity contribution >= 4 is 10.9 Å². The van der Waals surface area contributed by atoms with Crippen molar-refractivity contribution in [1.29, 1.82) is 0 Å². The fourth-order valence-electron chi connectivity index (χ4n) is 3.46. The summed E-state index contributed by atoms with van der Waals surface area (Å²) in [5.41, 5.74) is 0.749. The van der Waals surface area contributed by atoms with Crippen LogP contribution in [0.1, 0.15) is 24.8 Å². The average Bonchev–Trinajstić information content (AvgIpc) is 3.48. The van der Waals surface area contributed by atoms with Crippen LogP contribution in [-0.2, 0) is 6.54 Å². The van der Waals surface area contributed by atoms with Gasteiger partial charge in [0.2, 0.25) is 11.7 Å². The van der Waals surface area contributed by atoms with Crippen molar-refractivity contribution in [2.75, 3.05) is 7.11 Å². The molecule has 1 saturated carbocycles. The molecule has 0 aliphatic heterocycles. The van der Waals surface area contributed by atoms with Gasteiger partial charge in [-0.3, -0.25) is 13.9 Å². The number of fused-ring (bicyclic) bond motifs is 1. The molecule has 8 heteroatoms. The first kappa shape index (κ1) is 17.4. The Morgan fingerprint density at radius 2 is 1.86 bits per heavy atom. The van der Waals surface area contributed by atoms with Crippen molar-refractivity contribution in [2.24, 2.45) is 0 Å². The number of aromatic nitrogens is 4. The van der Waals surface area contributed by atoms with E-state index in [-0.39, 0.29) is 23.8 Å². The second-order valence-electron chi connectivity index (χ2n) is 7.03. The van der Waals surface area contributed by atoms with Crippen molar-refractivity contribution in [3.8, 4) is 17.1 Å². The average molecular weight is 390 g/mol. The van der Waals surface area contributed by atoms with E-state index in [1.807, 2.05) is 24.3 Å². The Hall–Kier alpha value is -3.68. The van der Waals surface area contributed by atoms with Gasteiger partial charge in [0.25, 0.3) is 5.56 Å². The Labute approximate surface area is 165 Å². The highest BCUT2D eigenvalue weighted by molar-refractivity contribution is 5.78. The summed E-state index contributed by atoms with van der Waals surface area (Å²) in [6, 6.07) is 14.4. The summed E-state index contributed by atoms with van der Waals surface area (Å²) in [4.78, 5) is 30.2. The zero-order chi connectivity index (χ0) is 20.0. The zero-order valence-corrected chi connectivity index (χ0v) is 15.7. The first-order chi connectivity index (χ1) is 14.2. The van der Waals surface area contributed by atoms with Crippen LogP contribution in [0.3, 0.4) is 0 Å². The largest absolute Gasteiger partial charge is 0.497 e. The van der Waals surface area contributed by atoms with Crippen molar-refractivity contribution in [1.82, 2.24) is 19.3 Å². The molecular formula is C21H18N4O4. The Morgan fingerprint density at radius 3 is 2.59 bits per heavy atom. The topological polar surface area (TPSA) is 92.2 Å². The van der Waals surface area contributed by atoms with Crippen molar-refractivity contribution in [3.63, 3.8) is 0 Å². The van der Waals surface area contributed by atoms with Gasteiger partial charge in [-0.25, -0.2) is 4.79 Å². The van der Waals surface area contributed by atoms with E-state index < -0.39 is 0 Å². The third-order valence-electron chi connectivity index (χ3n) is 5.10. The Kier molecular flexibility index (Phi) is 4.04. The molecule has 1 fully saturated rings. The number of hydrogen-bond acceptors (Lipinski definition) is 6. The summed E-state index contributed by atoms with van der Waals surface area (Å²) in [7, 11) is 1.60. The van der Waals surface area contributed by atoms with Crippen molar-refractivity contribution in [2.45, 2.75) is 25.4 Å². The van der Waals surface area contributed by atoms with Gasteiger partial charge in [0.1, 0.15) is 12.3 Å². The summed E-state index contributed by atoms with van der Waals surface area (Å²) >= 11 is 0. The fourth-order valence-corrected chi connectivity index (χ4v) is 3.46. The molecule has 1 aliphatic carbocycles. The predicted molar refractivity (Wildman–Crippen MR) is 106 cm³/mol. The molecule has 0 spiro atoms. The predicted octanol–water partition coefficient (Wildman–Crippen LogP) is 2.61. The van der Waals surface area contributed by atoms with Gasteiger partial charge >= 0.3 is 5.69 Å². The lowest BCUT2D eigenvalue weighted by atomic mass is 10.2. The van der Waals surface area contributed by atoms with Crippen LogP contribution >= 0.6 is 0 Å². The van der Waals surface area contributed by atoms with Gasteiger partial charge in [-0.05, 0) is 49.2 Å². The van der Waals surface area contributed by atoms with Gasteiger partial charge < -0.3 is 9.26 Å². The van der Waals surface area contributed by atoms with Crippen LogP contribution in [0.5, 0.6) is 5.75 Å². The monoisotopic (exact) mass is 390 g/mol. The van der Waals surface area contributed by atoms with E-state index in [4.69, 9.17) is 9.26 Å². The van der Waals surface area contributed by atoms with E-state index in [1.54, 1.807) is 31.4 Å². The molecule has 4 aromatic rings. The van der Waals surface area contributed by atoms with Crippen LogP contribution in [0.4, 0.5) is 0 Å². The number of benzene rings is 2. The number of hydrogen-bond donors (Lipinski definition) is 0. The first-order valence-electron chi connectivity index (χ1n) is 9.37. The maximum absolute atomic E-state index is 13.1. The number of ether oxygens (including phenoxy) is 1. The van der Waals surface area contributed by atoms with Gasteiger partial charge in [0.05, 0.1) is 18.0 Å². The van der Waals surface area contributed by atoms with Crippen LogP contribution in [0.2, 0.25) is 0 Å². The Bertz CT molecular complexity index is 1310. The molecule has 5 rings (SSSR count). The van der Waals surface area contributed by atoms with Crippen molar-refractivity contribution < 1.29 is 9.26 Å². The second kappa shape index (κ2) is 6.73. The molecule has 1 aliphatic rings. The van der Waals surface area contributed by atoms with Gasteiger partial charge in [0, 0.05) is 11.6 Å². The van der Waals surface area contributed by atoms with Crippen LogP contribution in [-0.4, -0.2) is 26.4 Å². The van der Waals surface area contributed by atoms with E-state index in [0.29, 0.717) is 22.6 Å². The van der Waals surface area contributed by atoms with E-state index in [0.717, 1.165) is 24.2 Å². The summed E-state index contributed by atoms with van der Waals surface area (Å²) in [5, 5.41) is 4.53. The van der Waals surface area contributed by atoms with Gasteiger partial charge in [-0.15, -0.1) is 0 Å². The molecule has 0 amide bonds. The molecule has 146 valence electrons. The third kappa shape index (κ3) is 3.02. The molecule has 2 aromatic carbocycles. The smallest absolute Gasteiger partial charge is 0.332 e. The lowest BCUT2D eigenvalue weighted by Gasteiger charge is -2.12. The molecule has 29 heavy (non-hydrogen) atoms. The molecule has 2 aromatic heterocycles. The normalized spacial score (nSPS) is 13.7. The molecule has 0 saturated heterocycles. The lowest BCUT2D eigenvalue weighted by Crippen LogP contribution is -2.39. The minimum atomic E-state index is -0.347. The summed E-state index contributed by atoms with van der Waals surface area (Å²) < 4.78 is 13.4. The molecule has 0 bridgehead atoms. The highest BCUT2D eigenvalue weighted by Crippen LogP contribution is 2.32. The van der Waals surface area contributed by atoms with E-state index in [2.05, 4.69) is 10.1 Å². The number of methoxy groups -OCH3 is 1. The van der Waals surface area contributed by atoms with Gasteiger partial charge in [0.15, 0.2) is 0 Å². The van der Waals surface area contributed by atoms with Gasteiger partial charge in [-0.1, -0.05) is 17.3 Å². The zero-order valence-electron chi connectivity index (χ0n) is 15.7. The SMILES string of the molecule is COc1ccc(-c2noc(Cn3c(=O)n(C4CC4)c(=O)c4ccccc43)n2)cc1. The van der Waals surface area contributed by atoms with E-state index in [9.17, 15) is 9.59 Å². The molecule has 0 unspecified atom stereocenters. The lowest BCUT2D eigenvalue weighted by molar-refractivity contribution is 0.369. The molecule has 0 atom stereocenters. The van der Waals surface area contributed by atoms with Crippen LogP contribution in [0.25, 0.3) is 22.3 Å². The third-order valence-corrected chi connectivity index (χ3v) is 5.10. The number of rotatable bonds is 5. The molecular weight excluding hydrogens is 372 g/mol. The number of para-hydroxylation sites is 1. The quantitative estimate of drug-likeness (QED) is 0.520.